The van der Waals surface area contributed by atoms with E-state index in [2.05, 4.69) is 51.7 Å². The first-order valence-electron chi connectivity index (χ1n) is 7.51. The van der Waals surface area contributed by atoms with Gasteiger partial charge in [-0.1, -0.05) is 41.5 Å². The summed E-state index contributed by atoms with van der Waals surface area (Å²) in [5, 5.41) is 8.64. The fraction of sp³-hybridized carbons (Fsp3) is 0.562. The Morgan fingerprint density at radius 2 is 1.71 bits per heavy atom. The van der Waals surface area contributed by atoms with Crippen molar-refractivity contribution in [1.29, 1.82) is 0 Å². The molecule has 0 unspecified atom stereocenters. The third-order valence-corrected chi connectivity index (χ3v) is 3.54. The summed E-state index contributed by atoms with van der Waals surface area (Å²) in [4.78, 5) is 12.6. The molecule has 0 N–H and O–H groups in total. The van der Waals surface area contributed by atoms with E-state index in [0.29, 0.717) is 5.92 Å². The molecule has 2 heterocycles. The highest BCUT2D eigenvalue weighted by Gasteiger charge is 2.27. The zero-order valence-electron chi connectivity index (χ0n) is 13.7. The minimum atomic E-state index is -0.225. The van der Waals surface area contributed by atoms with Crippen molar-refractivity contribution in [2.45, 2.75) is 59.3 Å². The molecule has 0 saturated carbocycles. The Balaban J connectivity index is 2.65. The standard InChI is InChI=1S/C16H24N4O/c1-10(2)13-14(11(3)4)18-20(15(13)12(5)6)16(21)19-9-7-8-17-19/h7-12H,1-6H3. The van der Waals surface area contributed by atoms with E-state index in [1.54, 1.807) is 18.5 Å². The molecule has 21 heavy (non-hydrogen) atoms. The van der Waals surface area contributed by atoms with Crippen LogP contribution in [-0.4, -0.2) is 25.6 Å². The summed E-state index contributed by atoms with van der Waals surface area (Å²) in [6, 6.07) is 1.51. The third-order valence-electron chi connectivity index (χ3n) is 3.54. The predicted molar refractivity (Wildman–Crippen MR) is 82.9 cm³/mol. The fourth-order valence-electron chi connectivity index (χ4n) is 2.66. The molecular weight excluding hydrogens is 264 g/mol. The highest BCUT2D eigenvalue weighted by Crippen LogP contribution is 2.33. The van der Waals surface area contributed by atoms with Crippen molar-refractivity contribution in [3.05, 3.63) is 35.4 Å². The molecule has 2 aromatic heterocycles. The van der Waals surface area contributed by atoms with Gasteiger partial charge in [-0.3, -0.25) is 0 Å². The summed E-state index contributed by atoms with van der Waals surface area (Å²) in [5.41, 5.74) is 3.20. The SMILES string of the molecule is CC(C)c1nn(C(=O)n2cccn2)c(C(C)C)c1C(C)C. The zero-order chi connectivity index (χ0) is 15.7. The van der Waals surface area contributed by atoms with Gasteiger partial charge in [0.05, 0.1) is 11.4 Å². The van der Waals surface area contributed by atoms with Crippen molar-refractivity contribution in [3.8, 4) is 0 Å². The van der Waals surface area contributed by atoms with Crippen LogP contribution in [0.25, 0.3) is 0 Å². The Bertz CT molecular complexity index is 621. The molecule has 0 saturated heterocycles. The van der Waals surface area contributed by atoms with Crippen LogP contribution in [0.2, 0.25) is 0 Å². The van der Waals surface area contributed by atoms with E-state index in [-0.39, 0.29) is 17.9 Å². The average Bonchev–Trinajstić information content (AvgIpc) is 3.05. The lowest BCUT2D eigenvalue weighted by atomic mass is 9.91. The Morgan fingerprint density at radius 1 is 1.05 bits per heavy atom. The van der Waals surface area contributed by atoms with Gasteiger partial charge < -0.3 is 0 Å². The second-order valence-corrected chi connectivity index (χ2v) is 6.29. The Kier molecular flexibility index (Phi) is 4.30. The lowest BCUT2D eigenvalue weighted by Gasteiger charge is -2.14. The molecule has 2 aromatic rings. The van der Waals surface area contributed by atoms with Crippen LogP contribution < -0.4 is 0 Å². The van der Waals surface area contributed by atoms with Crippen LogP contribution in [0.4, 0.5) is 4.79 Å². The monoisotopic (exact) mass is 288 g/mol. The quantitative estimate of drug-likeness (QED) is 0.858. The van der Waals surface area contributed by atoms with Gasteiger partial charge in [-0.25, -0.2) is 4.79 Å². The molecule has 5 nitrogen and oxygen atoms in total. The van der Waals surface area contributed by atoms with Crippen molar-refractivity contribution in [3.63, 3.8) is 0 Å². The maximum absolute atomic E-state index is 12.6. The number of carbonyl (C=O) groups excluding carboxylic acids is 1. The van der Waals surface area contributed by atoms with Crippen molar-refractivity contribution in [2.75, 3.05) is 0 Å². The fourth-order valence-corrected chi connectivity index (χ4v) is 2.66. The van der Waals surface area contributed by atoms with E-state index in [1.807, 2.05) is 0 Å². The minimum absolute atomic E-state index is 0.224. The Labute approximate surface area is 126 Å². The van der Waals surface area contributed by atoms with Crippen LogP contribution in [0.1, 0.15) is 76.2 Å². The normalized spacial score (nSPS) is 11.9. The summed E-state index contributed by atoms with van der Waals surface area (Å²) in [5.74, 6) is 0.840. The minimum Gasteiger partial charge on any atom is -0.244 e. The van der Waals surface area contributed by atoms with Crippen molar-refractivity contribution >= 4 is 6.03 Å². The summed E-state index contributed by atoms with van der Waals surface area (Å²) in [6.45, 7) is 12.7. The Morgan fingerprint density at radius 3 is 2.14 bits per heavy atom. The number of hydrogen-bond donors (Lipinski definition) is 0. The zero-order valence-corrected chi connectivity index (χ0v) is 13.7. The highest BCUT2D eigenvalue weighted by atomic mass is 16.2. The van der Waals surface area contributed by atoms with E-state index in [1.165, 1.54) is 14.9 Å². The lowest BCUT2D eigenvalue weighted by molar-refractivity contribution is 0.237. The molecule has 5 heteroatoms. The van der Waals surface area contributed by atoms with Crippen molar-refractivity contribution < 1.29 is 4.79 Å². The molecular formula is C16H24N4O. The van der Waals surface area contributed by atoms with Gasteiger partial charge in [0.25, 0.3) is 0 Å². The molecule has 114 valence electrons. The smallest absolute Gasteiger partial charge is 0.244 e. The van der Waals surface area contributed by atoms with Crippen LogP contribution >= 0.6 is 0 Å². The van der Waals surface area contributed by atoms with Gasteiger partial charge >= 0.3 is 6.03 Å². The van der Waals surface area contributed by atoms with Crippen LogP contribution in [0.3, 0.4) is 0 Å². The third kappa shape index (κ3) is 2.77. The van der Waals surface area contributed by atoms with Gasteiger partial charge in [0.2, 0.25) is 0 Å². The molecule has 0 aromatic carbocycles. The van der Waals surface area contributed by atoms with Gasteiger partial charge in [0.15, 0.2) is 0 Å². The second-order valence-electron chi connectivity index (χ2n) is 6.29. The van der Waals surface area contributed by atoms with E-state index in [9.17, 15) is 4.79 Å². The number of nitrogens with zero attached hydrogens (tertiary/aromatic N) is 4. The summed E-state index contributed by atoms with van der Waals surface area (Å²) in [7, 11) is 0. The molecule has 0 bridgehead atoms. The van der Waals surface area contributed by atoms with E-state index < -0.39 is 0 Å². The molecule has 0 amide bonds. The van der Waals surface area contributed by atoms with Crippen LogP contribution in [0.5, 0.6) is 0 Å². The van der Waals surface area contributed by atoms with Gasteiger partial charge in [-0.15, -0.1) is 0 Å². The van der Waals surface area contributed by atoms with Gasteiger partial charge in [0, 0.05) is 18.0 Å². The topological polar surface area (TPSA) is 52.7 Å². The lowest BCUT2D eigenvalue weighted by Crippen LogP contribution is -2.24. The number of aromatic nitrogens is 4. The number of carbonyl (C=O) groups is 1. The first kappa shape index (κ1) is 15.5. The summed E-state index contributed by atoms with van der Waals surface area (Å²) < 4.78 is 2.86. The van der Waals surface area contributed by atoms with Gasteiger partial charge in [-0.2, -0.15) is 19.6 Å². The first-order chi connectivity index (χ1) is 9.84. The molecule has 0 fully saturated rings. The number of rotatable bonds is 3. The molecule has 0 atom stereocenters. The Hall–Kier alpha value is -1.91. The van der Waals surface area contributed by atoms with E-state index >= 15 is 0 Å². The van der Waals surface area contributed by atoms with Crippen LogP contribution in [0, 0.1) is 0 Å². The van der Waals surface area contributed by atoms with Crippen molar-refractivity contribution in [1.82, 2.24) is 19.6 Å². The molecule has 0 aliphatic rings. The highest BCUT2D eigenvalue weighted by molar-refractivity contribution is 5.78. The summed E-state index contributed by atoms with van der Waals surface area (Å²) in [6.07, 6.45) is 3.25. The van der Waals surface area contributed by atoms with Crippen LogP contribution in [0.15, 0.2) is 18.5 Å². The molecule has 0 aliphatic heterocycles. The predicted octanol–water partition coefficient (Wildman–Crippen LogP) is 3.97. The number of hydrogen-bond acceptors (Lipinski definition) is 3. The molecule has 0 aliphatic carbocycles. The van der Waals surface area contributed by atoms with Crippen molar-refractivity contribution in [2.24, 2.45) is 0 Å². The average molecular weight is 288 g/mol. The van der Waals surface area contributed by atoms with Gasteiger partial charge in [-0.05, 0) is 23.8 Å². The second kappa shape index (κ2) is 5.84. The molecule has 2 rings (SSSR count). The molecule has 0 radical (unpaired) electrons. The van der Waals surface area contributed by atoms with Gasteiger partial charge in [0.1, 0.15) is 0 Å². The first-order valence-corrected chi connectivity index (χ1v) is 7.51. The maximum Gasteiger partial charge on any atom is 0.369 e. The van der Waals surface area contributed by atoms with E-state index in [4.69, 9.17) is 0 Å². The maximum atomic E-state index is 12.6. The summed E-state index contributed by atoms with van der Waals surface area (Å²) >= 11 is 0. The van der Waals surface area contributed by atoms with Crippen LogP contribution in [-0.2, 0) is 0 Å². The van der Waals surface area contributed by atoms with E-state index in [0.717, 1.165) is 11.4 Å². The molecule has 0 spiro atoms. The largest absolute Gasteiger partial charge is 0.369 e.